The lowest BCUT2D eigenvalue weighted by Gasteiger charge is -2.18. The van der Waals surface area contributed by atoms with Crippen LogP contribution in [0.4, 0.5) is 5.69 Å². The lowest BCUT2D eigenvalue weighted by molar-refractivity contribution is -0.148. The van der Waals surface area contributed by atoms with Crippen molar-refractivity contribution >= 4 is 33.7 Å². The van der Waals surface area contributed by atoms with E-state index in [1.807, 2.05) is 19.1 Å². The summed E-state index contributed by atoms with van der Waals surface area (Å²) in [6.07, 6.45) is 2.64. The van der Waals surface area contributed by atoms with Crippen molar-refractivity contribution in [2.75, 3.05) is 18.4 Å². The zero-order chi connectivity index (χ0) is 23.7. The predicted octanol–water partition coefficient (Wildman–Crippen LogP) is 3.86. The largest absolute Gasteiger partial charge is 0.449 e. The fourth-order valence-corrected chi connectivity index (χ4v) is 4.42. The monoisotopic (exact) mass is 458 g/mol. The van der Waals surface area contributed by atoms with Gasteiger partial charge in [-0.3, -0.25) is 4.79 Å². The molecule has 2 rings (SSSR count). The summed E-state index contributed by atoms with van der Waals surface area (Å²) in [7, 11) is -3.53. The highest BCUT2D eigenvalue weighted by molar-refractivity contribution is 7.89. The number of nitrogens with zero attached hydrogens (tertiary/aromatic N) is 1. The van der Waals surface area contributed by atoms with Crippen LogP contribution in [0.15, 0.2) is 59.5 Å². The number of amides is 1. The number of carbonyl (C=O) groups is 2. The second-order valence-electron chi connectivity index (χ2n) is 7.11. The summed E-state index contributed by atoms with van der Waals surface area (Å²) in [5.41, 5.74) is 2.42. The Morgan fingerprint density at radius 3 is 2.12 bits per heavy atom. The van der Waals surface area contributed by atoms with Crippen molar-refractivity contribution < 1.29 is 22.7 Å². The van der Waals surface area contributed by atoms with E-state index in [2.05, 4.69) is 5.32 Å². The van der Waals surface area contributed by atoms with Crippen LogP contribution in [0.1, 0.15) is 38.8 Å². The van der Waals surface area contributed by atoms with E-state index in [4.69, 9.17) is 4.74 Å². The summed E-state index contributed by atoms with van der Waals surface area (Å²) in [5, 5.41) is 2.71. The molecular formula is C24H30N2O5S. The van der Waals surface area contributed by atoms with Gasteiger partial charge in [-0.1, -0.05) is 45.0 Å². The Bertz CT molecular complexity index is 1040. The third-order valence-corrected chi connectivity index (χ3v) is 6.99. The van der Waals surface area contributed by atoms with Crippen LogP contribution in [0.2, 0.25) is 0 Å². The maximum Gasteiger partial charge on any atom is 0.331 e. The minimum atomic E-state index is -3.53. The third-order valence-electron chi connectivity index (χ3n) is 4.93. The molecule has 2 aromatic rings. The number of anilines is 1. The van der Waals surface area contributed by atoms with Gasteiger partial charge in [0.05, 0.1) is 4.90 Å². The number of esters is 1. The highest BCUT2D eigenvalue weighted by Crippen LogP contribution is 2.17. The zero-order valence-electron chi connectivity index (χ0n) is 18.9. The first kappa shape index (κ1) is 25.3. The van der Waals surface area contributed by atoms with Crippen LogP contribution in [-0.4, -0.2) is 43.8 Å². The number of hydrogen-bond acceptors (Lipinski definition) is 5. The molecular weight excluding hydrogens is 428 g/mol. The topological polar surface area (TPSA) is 92.8 Å². The Hall–Kier alpha value is -2.97. The summed E-state index contributed by atoms with van der Waals surface area (Å²) in [6, 6.07) is 13.7. The molecule has 1 unspecified atom stereocenters. The van der Waals surface area contributed by atoms with Gasteiger partial charge in [0.15, 0.2) is 6.10 Å². The van der Waals surface area contributed by atoms with E-state index >= 15 is 0 Å². The molecule has 172 valence electrons. The molecule has 0 aliphatic carbocycles. The number of benzene rings is 2. The molecule has 1 atom stereocenters. The predicted molar refractivity (Wildman–Crippen MR) is 126 cm³/mol. The molecule has 32 heavy (non-hydrogen) atoms. The second kappa shape index (κ2) is 11.6. The van der Waals surface area contributed by atoms with E-state index in [9.17, 15) is 18.0 Å². The number of ether oxygens (including phenoxy) is 1. The average Bonchev–Trinajstić information content (AvgIpc) is 2.79. The van der Waals surface area contributed by atoms with Gasteiger partial charge in [0.1, 0.15) is 0 Å². The molecule has 1 N–H and O–H groups in total. The van der Waals surface area contributed by atoms with Crippen molar-refractivity contribution in [1.82, 2.24) is 4.31 Å². The molecule has 8 heteroatoms. The molecule has 2 aromatic carbocycles. The molecule has 0 aliphatic rings. The van der Waals surface area contributed by atoms with Crippen LogP contribution < -0.4 is 5.32 Å². The van der Waals surface area contributed by atoms with E-state index in [0.717, 1.165) is 12.0 Å². The van der Waals surface area contributed by atoms with Gasteiger partial charge in [-0.2, -0.15) is 4.31 Å². The van der Waals surface area contributed by atoms with Gasteiger partial charge in [-0.15, -0.1) is 0 Å². The number of hydrogen-bond donors (Lipinski definition) is 1. The minimum absolute atomic E-state index is 0.193. The lowest BCUT2D eigenvalue weighted by atomic mass is 10.1. The molecule has 0 bridgehead atoms. The second-order valence-corrected chi connectivity index (χ2v) is 9.05. The molecule has 0 saturated heterocycles. The van der Waals surface area contributed by atoms with Crippen molar-refractivity contribution in [3.8, 4) is 0 Å². The molecule has 0 spiro atoms. The summed E-state index contributed by atoms with van der Waals surface area (Å²) in [5.74, 6) is -1.10. The van der Waals surface area contributed by atoms with Crippen molar-refractivity contribution in [3.63, 3.8) is 0 Å². The average molecular weight is 459 g/mol. The number of nitrogens with one attached hydrogen (secondary N) is 1. The standard InChI is InChI=1S/C24H30N2O5S/c1-5-19-8-13-21(14-9-19)25-24(28)18(4)31-23(27)17-12-20-10-15-22(16-11-20)32(29,30)26(6-2)7-3/h8-18H,5-7H2,1-4H3,(H,25,28)/b17-12+. The van der Waals surface area contributed by atoms with E-state index < -0.39 is 28.0 Å². The summed E-state index contributed by atoms with van der Waals surface area (Å²) in [6.45, 7) is 7.89. The molecule has 0 radical (unpaired) electrons. The van der Waals surface area contributed by atoms with Gasteiger partial charge in [0.2, 0.25) is 10.0 Å². The molecule has 7 nitrogen and oxygen atoms in total. The molecule has 1 amide bonds. The van der Waals surface area contributed by atoms with Gasteiger partial charge in [0.25, 0.3) is 5.91 Å². The van der Waals surface area contributed by atoms with Crippen LogP contribution in [-0.2, 0) is 30.8 Å². The van der Waals surface area contributed by atoms with E-state index in [1.54, 1.807) is 38.1 Å². The minimum Gasteiger partial charge on any atom is -0.449 e. The van der Waals surface area contributed by atoms with Crippen molar-refractivity contribution in [2.24, 2.45) is 0 Å². The Morgan fingerprint density at radius 2 is 1.59 bits per heavy atom. The van der Waals surface area contributed by atoms with Gasteiger partial charge < -0.3 is 10.1 Å². The lowest BCUT2D eigenvalue weighted by Crippen LogP contribution is -2.30. The fourth-order valence-electron chi connectivity index (χ4n) is 2.96. The number of sulfonamides is 1. The van der Waals surface area contributed by atoms with Crippen molar-refractivity contribution in [2.45, 2.75) is 45.1 Å². The normalized spacial score (nSPS) is 12.7. The van der Waals surface area contributed by atoms with Crippen LogP contribution in [0.5, 0.6) is 0 Å². The highest BCUT2D eigenvalue weighted by atomic mass is 32.2. The first-order chi connectivity index (χ1) is 15.2. The van der Waals surface area contributed by atoms with Crippen molar-refractivity contribution in [1.29, 1.82) is 0 Å². The van der Waals surface area contributed by atoms with Gasteiger partial charge >= 0.3 is 5.97 Å². The Balaban J connectivity index is 1.94. The van der Waals surface area contributed by atoms with E-state index in [-0.39, 0.29) is 4.90 Å². The SMILES string of the molecule is CCc1ccc(NC(=O)C(C)OC(=O)/C=C/c2ccc(S(=O)(=O)N(CC)CC)cc2)cc1. The van der Waals surface area contributed by atoms with Gasteiger partial charge in [0, 0.05) is 24.9 Å². The Labute approximate surface area is 190 Å². The van der Waals surface area contributed by atoms with Crippen LogP contribution in [0.25, 0.3) is 6.08 Å². The van der Waals surface area contributed by atoms with E-state index in [0.29, 0.717) is 24.3 Å². The quantitative estimate of drug-likeness (QED) is 0.431. The first-order valence-corrected chi connectivity index (χ1v) is 12.0. The van der Waals surface area contributed by atoms with Crippen molar-refractivity contribution in [3.05, 3.63) is 65.7 Å². The highest BCUT2D eigenvalue weighted by Gasteiger charge is 2.21. The summed E-state index contributed by atoms with van der Waals surface area (Å²) < 4.78 is 31.6. The smallest absolute Gasteiger partial charge is 0.331 e. The number of aryl methyl sites for hydroxylation is 1. The number of rotatable bonds is 10. The maximum atomic E-state index is 12.5. The molecule has 0 fully saturated rings. The summed E-state index contributed by atoms with van der Waals surface area (Å²) >= 11 is 0. The first-order valence-electron chi connectivity index (χ1n) is 10.6. The Morgan fingerprint density at radius 1 is 1.00 bits per heavy atom. The fraction of sp³-hybridized carbons (Fsp3) is 0.333. The summed E-state index contributed by atoms with van der Waals surface area (Å²) in [4.78, 5) is 24.5. The van der Waals surface area contributed by atoms with Gasteiger partial charge in [-0.25, -0.2) is 13.2 Å². The van der Waals surface area contributed by atoms with Crippen LogP contribution in [0.3, 0.4) is 0 Å². The molecule has 0 saturated carbocycles. The maximum absolute atomic E-state index is 12.5. The third kappa shape index (κ3) is 6.77. The molecule has 0 aromatic heterocycles. The zero-order valence-corrected chi connectivity index (χ0v) is 19.7. The van der Waals surface area contributed by atoms with Crippen LogP contribution in [0, 0.1) is 0 Å². The van der Waals surface area contributed by atoms with E-state index in [1.165, 1.54) is 35.5 Å². The molecule has 0 aliphatic heterocycles. The van der Waals surface area contributed by atoms with Crippen LogP contribution >= 0.6 is 0 Å². The van der Waals surface area contributed by atoms with Gasteiger partial charge in [-0.05, 0) is 54.8 Å². The Kier molecular flexibility index (Phi) is 9.16. The molecule has 0 heterocycles. The number of carbonyl (C=O) groups excluding carboxylic acids is 2.